The molecule has 0 unspecified atom stereocenters. The highest BCUT2D eigenvalue weighted by atomic mass is 16.5. The van der Waals surface area contributed by atoms with E-state index in [0.29, 0.717) is 13.0 Å². The van der Waals surface area contributed by atoms with Crippen molar-refractivity contribution in [3.05, 3.63) is 60.9 Å². The molecule has 0 spiro atoms. The molecule has 3 aromatic rings. The minimum absolute atomic E-state index is 0.198. The molecule has 2 aromatic carbocycles. The van der Waals surface area contributed by atoms with E-state index in [0.717, 1.165) is 55.1 Å². The van der Waals surface area contributed by atoms with Gasteiger partial charge in [0.05, 0.1) is 12.1 Å². The van der Waals surface area contributed by atoms with Crippen LogP contribution in [0.3, 0.4) is 0 Å². The number of ether oxygens (including phenoxy) is 1. The van der Waals surface area contributed by atoms with Crippen LogP contribution in [0.25, 0.3) is 10.9 Å². The lowest BCUT2D eigenvalue weighted by molar-refractivity contribution is -0.131. The molecule has 1 fully saturated rings. The SMILES string of the molecule is O=C(CCCOc1ccccc1)N1CCN(c2ncnc3ccccc23)CC1. The number of para-hydroxylation sites is 2. The number of fused-ring (bicyclic) bond motifs is 1. The molecule has 28 heavy (non-hydrogen) atoms. The van der Waals surface area contributed by atoms with Gasteiger partial charge in [0, 0.05) is 38.0 Å². The second-order valence-corrected chi connectivity index (χ2v) is 6.85. The molecule has 0 bridgehead atoms. The van der Waals surface area contributed by atoms with Gasteiger partial charge in [0.1, 0.15) is 17.9 Å². The van der Waals surface area contributed by atoms with Gasteiger partial charge in [0.25, 0.3) is 0 Å². The summed E-state index contributed by atoms with van der Waals surface area (Å²) in [5, 5.41) is 1.06. The van der Waals surface area contributed by atoms with Crippen LogP contribution in [0.1, 0.15) is 12.8 Å². The minimum atomic E-state index is 0.198. The van der Waals surface area contributed by atoms with Gasteiger partial charge in [0.2, 0.25) is 5.91 Å². The number of nitrogens with zero attached hydrogens (tertiary/aromatic N) is 4. The Hall–Kier alpha value is -3.15. The Kier molecular flexibility index (Phi) is 5.66. The summed E-state index contributed by atoms with van der Waals surface area (Å²) in [5.41, 5.74) is 0.949. The smallest absolute Gasteiger partial charge is 0.222 e. The predicted molar refractivity (Wildman–Crippen MR) is 110 cm³/mol. The van der Waals surface area contributed by atoms with Crippen LogP contribution in [-0.4, -0.2) is 53.6 Å². The lowest BCUT2D eigenvalue weighted by Crippen LogP contribution is -2.49. The van der Waals surface area contributed by atoms with Gasteiger partial charge in [0.15, 0.2) is 0 Å². The molecule has 1 aliphatic rings. The molecule has 0 atom stereocenters. The third-order valence-electron chi connectivity index (χ3n) is 5.00. The summed E-state index contributed by atoms with van der Waals surface area (Å²) in [4.78, 5) is 25.5. The highest BCUT2D eigenvalue weighted by Gasteiger charge is 2.22. The van der Waals surface area contributed by atoms with E-state index in [4.69, 9.17) is 4.74 Å². The fourth-order valence-electron chi connectivity index (χ4n) is 3.50. The summed E-state index contributed by atoms with van der Waals surface area (Å²) in [6.45, 7) is 3.57. The molecule has 1 amide bonds. The Bertz CT molecular complexity index is 919. The first-order valence-corrected chi connectivity index (χ1v) is 9.71. The van der Waals surface area contributed by atoms with E-state index >= 15 is 0 Å². The molecular weight excluding hydrogens is 352 g/mol. The van der Waals surface area contributed by atoms with Crippen molar-refractivity contribution in [2.45, 2.75) is 12.8 Å². The van der Waals surface area contributed by atoms with Gasteiger partial charge in [-0.2, -0.15) is 0 Å². The normalized spacial score (nSPS) is 14.3. The van der Waals surface area contributed by atoms with Crippen molar-refractivity contribution >= 4 is 22.6 Å². The topological polar surface area (TPSA) is 58.6 Å². The second-order valence-electron chi connectivity index (χ2n) is 6.85. The number of carbonyl (C=O) groups is 1. The van der Waals surface area contributed by atoms with Crippen LogP contribution in [0.2, 0.25) is 0 Å². The standard InChI is InChI=1S/C22H24N4O2/c27-21(11-6-16-28-18-7-2-1-3-8-18)25-12-14-26(15-13-25)22-19-9-4-5-10-20(19)23-17-24-22/h1-5,7-10,17H,6,11-16H2. The number of amides is 1. The van der Waals surface area contributed by atoms with Crippen molar-refractivity contribution in [2.24, 2.45) is 0 Å². The van der Waals surface area contributed by atoms with E-state index in [1.807, 2.05) is 53.4 Å². The fourth-order valence-corrected chi connectivity index (χ4v) is 3.50. The molecule has 6 heteroatoms. The number of hydrogen-bond donors (Lipinski definition) is 0. The van der Waals surface area contributed by atoms with Gasteiger partial charge in [-0.3, -0.25) is 4.79 Å². The molecule has 2 heterocycles. The number of carbonyl (C=O) groups excluding carboxylic acids is 1. The predicted octanol–water partition coefficient (Wildman–Crippen LogP) is 3.14. The Morgan fingerprint density at radius 3 is 2.50 bits per heavy atom. The highest BCUT2D eigenvalue weighted by molar-refractivity contribution is 5.89. The molecule has 0 aliphatic carbocycles. The average molecular weight is 376 g/mol. The molecule has 1 saturated heterocycles. The van der Waals surface area contributed by atoms with Gasteiger partial charge in [-0.1, -0.05) is 30.3 Å². The van der Waals surface area contributed by atoms with Crippen molar-refractivity contribution in [1.82, 2.24) is 14.9 Å². The van der Waals surface area contributed by atoms with E-state index in [2.05, 4.69) is 20.9 Å². The van der Waals surface area contributed by atoms with Gasteiger partial charge in [-0.05, 0) is 30.7 Å². The Morgan fingerprint density at radius 2 is 1.68 bits per heavy atom. The zero-order valence-corrected chi connectivity index (χ0v) is 15.8. The van der Waals surface area contributed by atoms with Crippen molar-refractivity contribution in [2.75, 3.05) is 37.7 Å². The van der Waals surface area contributed by atoms with Crippen molar-refractivity contribution < 1.29 is 9.53 Å². The lowest BCUT2D eigenvalue weighted by Gasteiger charge is -2.35. The third-order valence-corrected chi connectivity index (χ3v) is 5.00. The van der Waals surface area contributed by atoms with Crippen LogP contribution in [0.5, 0.6) is 5.75 Å². The van der Waals surface area contributed by atoms with Gasteiger partial charge >= 0.3 is 0 Å². The zero-order valence-electron chi connectivity index (χ0n) is 15.8. The van der Waals surface area contributed by atoms with Crippen molar-refractivity contribution in [3.63, 3.8) is 0 Å². The first-order chi connectivity index (χ1) is 13.8. The van der Waals surface area contributed by atoms with Crippen LogP contribution in [0.4, 0.5) is 5.82 Å². The molecular formula is C22H24N4O2. The summed E-state index contributed by atoms with van der Waals surface area (Å²) in [7, 11) is 0. The molecule has 0 saturated carbocycles. The van der Waals surface area contributed by atoms with E-state index in [-0.39, 0.29) is 5.91 Å². The maximum Gasteiger partial charge on any atom is 0.222 e. The van der Waals surface area contributed by atoms with E-state index < -0.39 is 0 Å². The third kappa shape index (κ3) is 4.22. The Morgan fingerprint density at radius 1 is 0.929 bits per heavy atom. The largest absolute Gasteiger partial charge is 0.494 e. The summed E-state index contributed by atoms with van der Waals surface area (Å²) in [5.74, 6) is 2.00. The molecule has 144 valence electrons. The summed E-state index contributed by atoms with van der Waals surface area (Å²) >= 11 is 0. The monoisotopic (exact) mass is 376 g/mol. The maximum absolute atomic E-state index is 12.5. The Labute approximate surface area is 164 Å². The lowest BCUT2D eigenvalue weighted by atomic mass is 10.2. The minimum Gasteiger partial charge on any atom is -0.494 e. The van der Waals surface area contributed by atoms with Crippen LogP contribution >= 0.6 is 0 Å². The maximum atomic E-state index is 12.5. The van der Waals surface area contributed by atoms with Crippen molar-refractivity contribution in [3.8, 4) is 5.75 Å². The Balaban J connectivity index is 1.26. The quantitative estimate of drug-likeness (QED) is 0.619. The molecule has 6 nitrogen and oxygen atoms in total. The van der Waals surface area contributed by atoms with Crippen molar-refractivity contribution in [1.29, 1.82) is 0 Å². The average Bonchev–Trinajstić information content (AvgIpc) is 2.77. The van der Waals surface area contributed by atoms with E-state index in [9.17, 15) is 4.79 Å². The molecule has 0 radical (unpaired) electrons. The number of anilines is 1. The summed E-state index contributed by atoms with van der Waals surface area (Å²) < 4.78 is 5.67. The molecule has 0 N–H and O–H groups in total. The number of aromatic nitrogens is 2. The number of benzene rings is 2. The first kappa shape index (κ1) is 18.2. The van der Waals surface area contributed by atoms with Crippen LogP contribution < -0.4 is 9.64 Å². The van der Waals surface area contributed by atoms with Gasteiger partial charge < -0.3 is 14.5 Å². The van der Waals surface area contributed by atoms with Crippen LogP contribution in [0, 0.1) is 0 Å². The second kappa shape index (κ2) is 8.69. The first-order valence-electron chi connectivity index (χ1n) is 9.71. The summed E-state index contributed by atoms with van der Waals surface area (Å²) in [6, 6.07) is 17.7. The number of hydrogen-bond acceptors (Lipinski definition) is 5. The van der Waals surface area contributed by atoms with E-state index in [1.165, 1.54) is 0 Å². The van der Waals surface area contributed by atoms with Gasteiger partial charge in [-0.15, -0.1) is 0 Å². The summed E-state index contributed by atoms with van der Waals surface area (Å²) in [6.07, 6.45) is 2.86. The number of rotatable bonds is 6. The zero-order chi connectivity index (χ0) is 19.2. The van der Waals surface area contributed by atoms with Crippen LogP contribution in [0.15, 0.2) is 60.9 Å². The highest BCUT2D eigenvalue weighted by Crippen LogP contribution is 2.23. The van der Waals surface area contributed by atoms with Gasteiger partial charge in [-0.25, -0.2) is 9.97 Å². The van der Waals surface area contributed by atoms with E-state index in [1.54, 1.807) is 6.33 Å². The fraction of sp³-hybridized carbons (Fsp3) is 0.318. The molecule has 4 rings (SSSR count). The molecule has 1 aliphatic heterocycles. The number of piperazine rings is 1. The van der Waals surface area contributed by atoms with Crippen LogP contribution in [-0.2, 0) is 4.79 Å². The molecule has 1 aromatic heterocycles.